The number of hydrazone groups is 1. The second kappa shape index (κ2) is 7.24. The molecular formula is C18H20N2O2S. The Morgan fingerprint density at radius 3 is 2.22 bits per heavy atom. The summed E-state index contributed by atoms with van der Waals surface area (Å²) in [6, 6.07) is 16.5. The zero-order chi connectivity index (χ0) is 16.9. The summed E-state index contributed by atoms with van der Waals surface area (Å²) >= 11 is 0. The summed E-state index contributed by atoms with van der Waals surface area (Å²) in [5.41, 5.74) is 3.68. The van der Waals surface area contributed by atoms with Crippen LogP contribution in [0.3, 0.4) is 0 Å². The van der Waals surface area contributed by atoms with Crippen molar-refractivity contribution in [3.8, 4) is 0 Å². The van der Waals surface area contributed by atoms with Crippen molar-refractivity contribution in [1.29, 1.82) is 0 Å². The molecule has 0 aliphatic rings. The van der Waals surface area contributed by atoms with E-state index in [1.54, 1.807) is 31.2 Å². The quantitative estimate of drug-likeness (QED) is 0.671. The van der Waals surface area contributed by atoms with Crippen LogP contribution in [0, 0.1) is 6.92 Å². The number of nitrogens with zero attached hydrogens (tertiary/aromatic N) is 1. The number of hydrogen-bond donors (Lipinski definition) is 1. The van der Waals surface area contributed by atoms with E-state index in [4.69, 9.17) is 0 Å². The first-order chi connectivity index (χ1) is 10.9. The first-order valence-corrected chi connectivity index (χ1v) is 8.73. The zero-order valence-electron chi connectivity index (χ0n) is 13.4. The Morgan fingerprint density at radius 2 is 1.61 bits per heavy atom. The molecule has 0 heterocycles. The van der Waals surface area contributed by atoms with Crippen LogP contribution in [0.2, 0.25) is 0 Å². The number of benzene rings is 2. The Morgan fingerprint density at radius 1 is 1.00 bits per heavy atom. The first-order valence-electron chi connectivity index (χ1n) is 7.25. The molecule has 0 aromatic heterocycles. The van der Waals surface area contributed by atoms with E-state index in [9.17, 15) is 8.42 Å². The van der Waals surface area contributed by atoms with Crippen LogP contribution in [-0.2, 0) is 10.0 Å². The first kappa shape index (κ1) is 17.0. The Balaban J connectivity index is 2.14. The van der Waals surface area contributed by atoms with Gasteiger partial charge in [0.25, 0.3) is 10.0 Å². The van der Waals surface area contributed by atoms with Gasteiger partial charge in [0.2, 0.25) is 0 Å². The number of hydrogen-bond acceptors (Lipinski definition) is 3. The molecule has 2 aromatic rings. The SMILES string of the molecule is C/C(=C\C(C)=N\NS(=O)(=O)c1ccc(C)cc1)c1ccccc1. The minimum absolute atomic E-state index is 0.198. The smallest absolute Gasteiger partial charge is 0.200 e. The van der Waals surface area contributed by atoms with Crippen molar-refractivity contribution >= 4 is 21.3 Å². The predicted octanol–water partition coefficient (Wildman–Crippen LogP) is 3.75. The summed E-state index contributed by atoms with van der Waals surface area (Å²) in [5.74, 6) is 0. The molecular weight excluding hydrogens is 308 g/mol. The van der Waals surface area contributed by atoms with E-state index in [2.05, 4.69) is 9.93 Å². The van der Waals surface area contributed by atoms with E-state index < -0.39 is 10.0 Å². The monoisotopic (exact) mass is 328 g/mol. The van der Waals surface area contributed by atoms with Crippen molar-refractivity contribution in [2.45, 2.75) is 25.7 Å². The molecule has 0 spiro atoms. The highest BCUT2D eigenvalue weighted by molar-refractivity contribution is 7.89. The summed E-state index contributed by atoms with van der Waals surface area (Å²) in [6.45, 7) is 5.62. The van der Waals surface area contributed by atoms with Crippen LogP contribution >= 0.6 is 0 Å². The molecule has 0 saturated heterocycles. The van der Waals surface area contributed by atoms with Gasteiger partial charge < -0.3 is 0 Å². The minimum atomic E-state index is -3.64. The highest BCUT2D eigenvalue weighted by Crippen LogP contribution is 2.13. The van der Waals surface area contributed by atoms with E-state index in [-0.39, 0.29) is 4.90 Å². The molecule has 2 aromatic carbocycles. The van der Waals surface area contributed by atoms with Gasteiger partial charge in [0, 0.05) is 0 Å². The number of nitrogens with one attached hydrogen (secondary N) is 1. The zero-order valence-corrected chi connectivity index (χ0v) is 14.3. The molecule has 120 valence electrons. The average molecular weight is 328 g/mol. The number of allylic oxidation sites excluding steroid dienone is 2. The highest BCUT2D eigenvalue weighted by Gasteiger charge is 2.12. The summed E-state index contributed by atoms with van der Waals surface area (Å²) < 4.78 is 24.3. The lowest BCUT2D eigenvalue weighted by molar-refractivity contribution is 0.584. The maximum absolute atomic E-state index is 12.2. The second-order valence-corrected chi connectivity index (χ2v) is 7.02. The van der Waals surface area contributed by atoms with Crippen molar-refractivity contribution in [2.24, 2.45) is 5.10 Å². The minimum Gasteiger partial charge on any atom is -0.200 e. The lowest BCUT2D eigenvalue weighted by Crippen LogP contribution is -2.19. The average Bonchev–Trinajstić information content (AvgIpc) is 2.54. The fourth-order valence-corrected chi connectivity index (χ4v) is 2.90. The summed E-state index contributed by atoms with van der Waals surface area (Å²) in [4.78, 5) is 2.46. The molecule has 23 heavy (non-hydrogen) atoms. The largest absolute Gasteiger partial charge is 0.276 e. The van der Waals surface area contributed by atoms with Crippen molar-refractivity contribution in [3.05, 3.63) is 71.8 Å². The van der Waals surface area contributed by atoms with Gasteiger partial charge in [-0.15, -0.1) is 0 Å². The van der Waals surface area contributed by atoms with E-state index in [0.717, 1.165) is 16.7 Å². The predicted molar refractivity (Wildman–Crippen MR) is 94.7 cm³/mol. The number of sulfonamides is 1. The Hall–Kier alpha value is -2.40. The molecule has 1 N–H and O–H groups in total. The lowest BCUT2D eigenvalue weighted by Gasteiger charge is -2.05. The molecule has 0 saturated carbocycles. The van der Waals surface area contributed by atoms with Crippen LogP contribution in [0.1, 0.15) is 25.0 Å². The van der Waals surface area contributed by atoms with Crippen molar-refractivity contribution in [2.75, 3.05) is 0 Å². The Kier molecular flexibility index (Phi) is 5.34. The van der Waals surface area contributed by atoms with Crippen LogP contribution < -0.4 is 4.83 Å². The molecule has 0 amide bonds. The molecule has 0 atom stereocenters. The third kappa shape index (κ3) is 4.79. The molecule has 0 fully saturated rings. The van der Waals surface area contributed by atoms with Crippen LogP contribution in [0.5, 0.6) is 0 Å². The van der Waals surface area contributed by atoms with Gasteiger partial charge in [-0.2, -0.15) is 18.4 Å². The van der Waals surface area contributed by atoms with Gasteiger partial charge in [0.05, 0.1) is 10.6 Å². The third-order valence-electron chi connectivity index (χ3n) is 3.33. The molecule has 0 unspecified atom stereocenters. The number of rotatable bonds is 5. The maximum Gasteiger partial charge on any atom is 0.276 e. The molecule has 4 nitrogen and oxygen atoms in total. The molecule has 0 radical (unpaired) electrons. The normalized spacial score (nSPS) is 13.0. The second-order valence-electron chi connectivity index (χ2n) is 5.35. The van der Waals surface area contributed by atoms with Crippen LogP contribution in [0.4, 0.5) is 0 Å². The van der Waals surface area contributed by atoms with Gasteiger partial charge in [-0.25, -0.2) is 0 Å². The van der Waals surface area contributed by atoms with Gasteiger partial charge in [0.1, 0.15) is 0 Å². The topological polar surface area (TPSA) is 58.5 Å². The standard InChI is InChI=1S/C18H20N2O2S/c1-14-9-11-18(12-10-14)23(21,22)20-19-16(3)13-15(2)17-7-5-4-6-8-17/h4-13,20H,1-3H3/b15-13+,19-16+. The van der Waals surface area contributed by atoms with Gasteiger partial charge in [-0.1, -0.05) is 48.0 Å². The lowest BCUT2D eigenvalue weighted by atomic mass is 10.1. The van der Waals surface area contributed by atoms with Gasteiger partial charge in [-0.05, 0) is 50.1 Å². The van der Waals surface area contributed by atoms with Crippen LogP contribution in [0.15, 0.2) is 70.7 Å². The van der Waals surface area contributed by atoms with E-state index in [1.807, 2.05) is 50.3 Å². The molecule has 2 rings (SSSR count). The molecule has 5 heteroatoms. The van der Waals surface area contributed by atoms with Gasteiger partial charge >= 0.3 is 0 Å². The summed E-state index contributed by atoms with van der Waals surface area (Å²) in [5, 5.41) is 3.96. The van der Waals surface area contributed by atoms with Gasteiger partial charge in [-0.3, -0.25) is 0 Å². The maximum atomic E-state index is 12.2. The fourth-order valence-electron chi connectivity index (χ4n) is 2.03. The van der Waals surface area contributed by atoms with E-state index in [0.29, 0.717) is 5.71 Å². The van der Waals surface area contributed by atoms with Crippen molar-refractivity contribution in [3.63, 3.8) is 0 Å². The highest BCUT2D eigenvalue weighted by atomic mass is 32.2. The van der Waals surface area contributed by atoms with Gasteiger partial charge in [0.15, 0.2) is 0 Å². The van der Waals surface area contributed by atoms with Crippen LogP contribution in [-0.4, -0.2) is 14.1 Å². The molecule has 0 bridgehead atoms. The summed E-state index contributed by atoms with van der Waals surface area (Å²) in [7, 11) is -3.64. The third-order valence-corrected chi connectivity index (χ3v) is 4.55. The summed E-state index contributed by atoms with van der Waals surface area (Å²) in [6.07, 6.45) is 1.84. The molecule has 0 aliphatic heterocycles. The van der Waals surface area contributed by atoms with E-state index >= 15 is 0 Å². The Labute approximate surface area is 137 Å². The fraction of sp³-hybridized carbons (Fsp3) is 0.167. The van der Waals surface area contributed by atoms with Crippen LogP contribution in [0.25, 0.3) is 5.57 Å². The number of aryl methyl sites for hydroxylation is 1. The molecule has 0 aliphatic carbocycles. The van der Waals surface area contributed by atoms with Crippen molar-refractivity contribution in [1.82, 2.24) is 4.83 Å². The van der Waals surface area contributed by atoms with E-state index in [1.165, 1.54) is 0 Å². The van der Waals surface area contributed by atoms with Crippen molar-refractivity contribution < 1.29 is 8.42 Å². The Bertz CT molecular complexity index is 821.